The van der Waals surface area contributed by atoms with Crippen LogP contribution in [0.4, 0.5) is 5.69 Å². The van der Waals surface area contributed by atoms with Gasteiger partial charge in [0.05, 0.1) is 11.9 Å². The highest BCUT2D eigenvalue weighted by molar-refractivity contribution is 5.91. The van der Waals surface area contributed by atoms with Crippen LogP contribution in [0.25, 0.3) is 0 Å². The first-order valence-electron chi connectivity index (χ1n) is 5.49. The summed E-state index contributed by atoms with van der Waals surface area (Å²) in [4.78, 5) is 11.6. The molecule has 18 heavy (non-hydrogen) atoms. The fourth-order valence-corrected chi connectivity index (χ4v) is 1.47. The van der Waals surface area contributed by atoms with Crippen LogP contribution in [0.2, 0.25) is 0 Å². The number of benzene rings is 1. The van der Waals surface area contributed by atoms with Gasteiger partial charge in [0.25, 0.3) is 5.91 Å². The predicted octanol–water partition coefficient (Wildman–Crippen LogP) is 0.886. The summed E-state index contributed by atoms with van der Waals surface area (Å²) in [6, 6.07) is 7.36. The van der Waals surface area contributed by atoms with Crippen LogP contribution in [-0.2, 0) is 11.3 Å². The molecule has 0 unspecified atom stereocenters. The van der Waals surface area contributed by atoms with Crippen LogP contribution in [0.15, 0.2) is 36.7 Å². The molecule has 0 spiro atoms. The third-order valence-corrected chi connectivity index (χ3v) is 2.33. The van der Waals surface area contributed by atoms with Crippen molar-refractivity contribution in [3.05, 3.63) is 42.2 Å². The van der Waals surface area contributed by atoms with Gasteiger partial charge in [0.1, 0.15) is 5.75 Å². The van der Waals surface area contributed by atoms with Crippen molar-refractivity contribution in [3.8, 4) is 5.75 Å². The monoisotopic (exact) mass is 246 g/mol. The van der Waals surface area contributed by atoms with Crippen LogP contribution in [0.5, 0.6) is 5.75 Å². The Morgan fingerprint density at radius 3 is 3.00 bits per heavy atom. The van der Waals surface area contributed by atoms with Crippen molar-refractivity contribution in [1.82, 2.24) is 10.2 Å². The number of anilines is 1. The zero-order valence-electron chi connectivity index (χ0n) is 9.72. The minimum Gasteiger partial charge on any atom is -0.483 e. The third-order valence-electron chi connectivity index (χ3n) is 2.33. The first-order valence-corrected chi connectivity index (χ1v) is 5.49. The van der Waals surface area contributed by atoms with Gasteiger partial charge in [-0.25, -0.2) is 0 Å². The fourth-order valence-electron chi connectivity index (χ4n) is 1.47. The van der Waals surface area contributed by atoms with E-state index in [0.29, 0.717) is 18.0 Å². The van der Waals surface area contributed by atoms with E-state index in [1.54, 1.807) is 12.3 Å². The smallest absolute Gasteiger partial charge is 0.262 e. The van der Waals surface area contributed by atoms with E-state index in [1.165, 1.54) is 6.20 Å². The van der Waals surface area contributed by atoms with E-state index in [2.05, 4.69) is 15.5 Å². The van der Waals surface area contributed by atoms with Crippen LogP contribution in [0.1, 0.15) is 5.56 Å². The lowest BCUT2D eigenvalue weighted by Gasteiger charge is -2.09. The molecule has 0 aliphatic carbocycles. The number of hydrogen-bond donors (Lipinski definition) is 3. The topological polar surface area (TPSA) is 93.0 Å². The molecule has 1 aromatic heterocycles. The summed E-state index contributed by atoms with van der Waals surface area (Å²) in [5.41, 5.74) is 7.05. The van der Waals surface area contributed by atoms with Crippen molar-refractivity contribution in [1.29, 1.82) is 0 Å². The summed E-state index contributed by atoms with van der Waals surface area (Å²) in [7, 11) is 0. The minimum absolute atomic E-state index is 0.0673. The standard InChI is InChI=1S/C12H14N4O2/c13-5-9-3-1-2-4-11(9)18-8-12(17)16-10-6-14-15-7-10/h1-4,6-7H,5,8,13H2,(H,14,15)(H,16,17). The number of hydrogen-bond acceptors (Lipinski definition) is 4. The molecular weight excluding hydrogens is 232 g/mol. The highest BCUT2D eigenvalue weighted by Gasteiger charge is 2.06. The van der Waals surface area contributed by atoms with Crippen LogP contribution in [0.3, 0.4) is 0 Å². The second-order valence-corrected chi connectivity index (χ2v) is 3.64. The van der Waals surface area contributed by atoms with E-state index in [9.17, 15) is 4.79 Å². The number of aromatic nitrogens is 2. The Morgan fingerprint density at radius 1 is 1.44 bits per heavy atom. The van der Waals surface area contributed by atoms with Crippen LogP contribution in [0, 0.1) is 0 Å². The molecule has 1 amide bonds. The van der Waals surface area contributed by atoms with E-state index < -0.39 is 0 Å². The zero-order chi connectivity index (χ0) is 12.8. The first-order chi connectivity index (χ1) is 8.79. The van der Waals surface area contributed by atoms with Gasteiger partial charge in [-0.05, 0) is 6.07 Å². The molecule has 2 rings (SSSR count). The van der Waals surface area contributed by atoms with E-state index >= 15 is 0 Å². The van der Waals surface area contributed by atoms with E-state index in [-0.39, 0.29) is 12.5 Å². The molecule has 94 valence electrons. The van der Waals surface area contributed by atoms with Gasteiger partial charge in [-0.2, -0.15) is 5.10 Å². The number of rotatable bonds is 5. The molecule has 1 aromatic carbocycles. The number of para-hydroxylation sites is 1. The van der Waals surface area contributed by atoms with E-state index in [0.717, 1.165) is 5.56 Å². The molecular formula is C12H14N4O2. The first kappa shape index (κ1) is 12.1. The maximum Gasteiger partial charge on any atom is 0.262 e. The SMILES string of the molecule is NCc1ccccc1OCC(=O)Nc1cn[nH]c1. The second-order valence-electron chi connectivity index (χ2n) is 3.64. The Kier molecular flexibility index (Phi) is 3.93. The van der Waals surface area contributed by atoms with Gasteiger partial charge < -0.3 is 15.8 Å². The lowest BCUT2D eigenvalue weighted by molar-refractivity contribution is -0.118. The second kappa shape index (κ2) is 5.83. The number of ether oxygens (including phenoxy) is 1. The van der Waals surface area contributed by atoms with Gasteiger partial charge in [-0.1, -0.05) is 18.2 Å². The lowest BCUT2D eigenvalue weighted by Crippen LogP contribution is -2.20. The highest BCUT2D eigenvalue weighted by atomic mass is 16.5. The normalized spacial score (nSPS) is 10.1. The number of nitrogens with one attached hydrogen (secondary N) is 2. The molecule has 1 heterocycles. The van der Waals surface area contributed by atoms with Gasteiger partial charge in [0.15, 0.2) is 6.61 Å². The van der Waals surface area contributed by atoms with E-state index in [1.807, 2.05) is 18.2 Å². The number of H-pyrrole nitrogens is 1. The molecule has 2 aromatic rings. The van der Waals surface area contributed by atoms with Crippen molar-refractivity contribution in [3.63, 3.8) is 0 Å². The molecule has 0 atom stereocenters. The largest absolute Gasteiger partial charge is 0.483 e. The summed E-state index contributed by atoms with van der Waals surface area (Å²) in [6.07, 6.45) is 3.11. The van der Waals surface area contributed by atoms with Crippen LogP contribution in [-0.4, -0.2) is 22.7 Å². The summed E-state index contributed by atoms with van der Waals surface area (Å²) in [5, 5.41) is 8.97. The molecule has 6 heteroatoms. The highest BCUT2D eigenvalue weighted by Crippen LogP contribution is 2.16. The number of nitrogens with two attached hydrogens (primary N) is 1. The summed E-state index contributed by atoms with van der Waals surface area (Å²) >= 11 is 0. The maximum atomic E-state index is 11.6. The number of carbonyl (C=O) groups excluding carboxylic acids is 1. The third kappa shape index (κ3) is 3.08. The summed E-state index contributed by atoms with van der Waals surface area (Å²) in [5.74, 6) is 0.380. The number of aromatic amines is 1. The lowest BCUT2D eigenvalue weighted by atomic mass is 10.2. The molecule has 0 aliphatic heterocycles. The van der Waals surface area contributed by atoms with Crippen molar-refractivity contribution in [2.75, 3.05) is 11.9 Å². The van der Waals surface area contributed by atoms with Crippen LogP contribution < -0.4 is 15.8 Å². The number of carbonyl (C=O) groups is 1. The summed E-state index contributed by atoms with van der Waals surface area (Å²) < 4.78 is 5.42. The average Bonchev–Trinajstić information content (AvgIpc) is 2.89. The quantitative estimate of drug-likeness (QED) is 0.730. The van der Waals surface area contributed by atoms with Crippen LogP contribution >= 0.6 is 0 Å². The molecule has 0 fully saturated rings. The van der Waals surface area contributed by atoms with Gasteiger partial charge in [0, 0.05) is 18.3 Å². The number of nitrogens with zero attached hydrogens (tertiary/aromatic N) is 1. The van der Waals surface area contributed by atoms with Crippen molar-refractivity contribution < 1.29 is 9.53 Å². The summed E-state index contributed by atoms with van der Waals surface area (Å²) in [6.45, 7) is 0.307. The number of amides is 1. The Labute approximate surface area is 104 Å². The maximum absolute atomic E-state index is 11.6. The molecule has 0 aliphatic rings. The Balaban J connectivity index is 1.89. The molecule has 0 saturated heterocycles. The zero-order valence-corrected chi connectivity index (χ0v) is 9.72. The molecule has 0 saturated carbocycles. The van der Waals surface area contributed by atoms with Crippen molar-refractivity contribution in [2.24, 2.45) is 5.73 Å². The Hall–Kier alpha value is -2.34. The van der Waals surface area contributed by atoms with Gasteiger partial charge in [0.2, 0.25) is 0 Å². The fraction of sp³-hybridized carbons (Fsp3) is 0.167. The molecule has 0 radical (unpaired) electrons. The van der Waals surface area contributed by atoms with E-state index in [4.69, 9.17) is 10.5 Å². The molecule has 6 nitrogen and oxygen atoms in total. The van der Waals surface area contributed by atoms with Crippen molar-refractivity contribution >= 4 is 11.6 Å². The van der Waals surface area contributed by atoms with Gasteiger partial charge in [-0.3, -0.25) is 9.89 Å². The van der Waals surface area contributed by atoms with Gasteiger partial charge >= 0.3 is 0 Å². The molecule has 0 bridgehead atoms. The Morgan fingerprint density at radius 2 is 2.28 bits per heavy atom. The molecule has 4 N–H and O–H groups in total. The Bertz CT molecular complexity index is 511. The average molecular weight is 246 g/mol. The van der Waals surface area contributed by atoms with Gasteiger partial charge in [-0.15, -0.1) is 0 Å². The minimum atomic E-state index is -0.247. The predicted molar refractivity (Wildman–Crippen MR) is 67.0 cm³/mol. The van der Waals surface area contributed by atoms with Crippen molar-refractivity contribution in [2.45, 2.75) is 6.54 Å².